The van der Waals surface area contributed by atoms with E-state index in [4.69, 9.17) is 14.2 Å². The monoisotopic (exact) mass is 580 g/mol. The van der Waals surface area contributed by atoms with Gasteiger partial charge in [0, 0.05) is 86.2 Å². The largest absolute Gasteiger partial charge is 0.467 e. The number of benzene rings is 2. The molecule has 0 saturated carbocycles. The van der Waals surface area contributed by atoms with Gasteiger partial charge in [0.05, 0.1) is 13.7 Å². The second-order valence-corrected chi connectivity index (χ2v) is 11.4. The second kappa shape index (κ2) is 12.1. The van der Waals surface area contributed by atoms with Crippen LogP contribution in [0.4, 0.5) is 11.4 Å². The van der Waals surface area contributed by atoms with Gasteiger partial charge in [0.1, 0.15) is 23.3 Å². The number of H-pyrrole nitrogens is 1. The summed E-state index contributed by atoms with van der Waals surface area (Å²) in [7, 11) is 1.58. The Balaban J connectivity index is 0.988. The van der Waals surface area contributed by atoms with Crippen molar-refractivity contribution in [3.05, 3.63) is 99.7 Å². The van der Waals surface area contributed by atoms with Crippen LogP contribution in [0.1, 0.15) is 41.2 Å². The van der Waals surface area contributed by atoms with E-state index < -0.39 is 0 Å². The van der Waals surface area contributed by atoms with Gasteiger partial charge < -0.3 is 29.4 Å². The smallest absolute Gasteiger partial charge is 0.316 e. The van der Waals surface area contributed by atoms with Crippen molar-refractivity contribution in [2.75, 3.05) is 50.1 Å². The van der Waals surface area contributed by atoms with Gasteiger partial charge in [-0.05, 0) is 48.7 Å². The number of ether oxygens (including phenoxy) is 3. The number of morpholine rings is 1. The number of fused-ring (bicyclic) bond motifs is 2. The number of hydrogen-bond donors (Lipinski definition) is 2. The molecule has 0 radical (unpaired) electrons. The summed E-state index contributed by atoms with van der Waals surface area (Å²) < 4.78 is 17.8. The molecule has 2 aromatic carbocycles. The molecule has 0 bridgehead atoms. The highest BCUT2D eigenvalue weighted by Gasteiger charge is 2.29. The molecule has 1 unspecified atom stereocenters. The fourth-order valence-electron chi connectivity index (χ4n) is 6.32. The molecule has 0 spiro atoms. The third kappa shape index (κ3) is 5.93. The van der Waals surface area contributed by atoms with Gasteiger partial charge in [-0.15, -0.1) is 0 Å². The Kier molecular flexibility index (Phi) is 7.69. The number of nitrogens with zero attached hydrogens (tertiary/aromatic N) is 4. The summed E-state index contributed by atoms with van der Waals surface area (Å²) in [4.78, 5) is 28.2. The maximum absolute atomic E-state index is 12.4. The molecule has 2 saturated heterocycles. The molecule has 5 heterocycles. The van der Waals surface area contributed by atoms with Gasteiger partial charge in [-0.25, -0.2) is 9.97 Å². The van der Waals surface area contributed by atoms with E-state index in [0.717, 1.165) is 72.8 Å². The summed E-state index contributed by atoms with van der Waals surface area (Å²) >= 11 is 0. The normalized spacial score (nSPS) is 18.8. The van der Waals surface area contributed by atoms with Crippen molar-refractivity contribution < 1.29 is 14.2 Å². The van der Waals surface area contributed by atoms with Gasteiger partial charge in [0.2, 0.25) is 0 Å². The molecule has 7 rings (SSSR count). The molecule has 1 atom stereocenters. The SMILES string of the molecule is COc1ncc(CN2CCC(Nc3ccc4c(c3)Cc3cccc(C5CN(c6ccc[nH]c6=O)CCO5)c3O4)CC2)cn1. The average molecular weight is 581 g/mol. The predicted molar refractivity (Wildman–Crippen MR) is 164 cm³/mol. The number of likely N-dealkylation sites (tertiary alicyclic amines) is 1. The highest BCUT2D eigenvalue weighted by atomic mass is 16.5. The third-order valence-corrected chi connectivity index (χ3v) is 8.56. The number of pyridine rings is 1. The molecule has 10 nitrogen and oxygen atoms in total. The standard InChI is InChI=1S/C33H36N6O4/c1-41-33-35-18-22(19-36-33)20-38-12-9-25(10-13-38)37-26-7-8-29-24(17-26)16-23-4-2-5-27(31(23)43-29)30-21-39(14-15-42-30)28-6-3-11-34-32(28)40/h2-8,11,17-19,25,30,37H,9-10,12-16,20-21H2,1H3,(H,34,40). The Morgan fingerprint density at radius 1 is 1.05 bits per heavy atom. The lowest BCUT2D eigenvalue weighted by atomic mass is 9.95. The molecular formula is C33H36N6O4. The van der Waals surface area contributed by atoms with E-state index in [-0.39, 0.29) is 11.7 Å². The van der Waals surface area contributed by atoms with Gasteiger partial charge in [-0.1, -0.05) is 18.2 Å². The van der Waals surface area contributed by atoms with E-state index in [9.17, 15) is 4.79 Å². The van der Waals surface area contributed by atoms with Crippen molar-refractivity contribution in [1.82, 2.24) is 19.9 Å². The molecule has 2 N–H and O–H groups in total. The zero-order valence-corrected chi connectivity index (χ0v) is 24.3. The van der Waals surface area contributed by atoms with Gasteiger partial charge in [0.15, 0.2) is 0 Å². The Morgan fingerprint density at radius 2 is 1.91 bits per heavy atom. The Morgan fingerprint density at radius 3 is 2.72 bits per heavy atom. The zero-order valence-electron chi connectivity index (χ0n) is 24.3. The molecule has 222 valence electrons. The molecule has 10 heteroatoms. The predicted octanol–water partition coefficient (Wildman–Crippen LogP) is 4.52. The lowest BCUT2D eigenvalue weighted by Crippen LogP contribution is -2.41. The van der Waals surface area contributed by atoms with E-state index in [1.54, 1.807) is 13.3 Å². The van der Waals surface area contributed by atoms with Crippen LogP contribution in [-0.2, 0) is 17.7 Å². The summed E-state index contributed by atoms with van der Waals surface area (Å²) in [5, 5.41) is 3.77. The molecule has 0 amide bonds. The number of anilines is 2. The molecular weight excluding hydrogens is 544 g/mol. The van der Waals surface area contributed by atoms with Crippen LogP contribution >= 0.6 is 0 Å². The first-order chi connectivity index (χ1) is 21.1. The number of methoxy groups -OCH3 is 1. The lowest BCUT2D eigenvalue weighted by Gasteiger charge is -2.35. The molecule has 3 aliphatic heterocycles. The van der Waals surface area contributed by atoms with Crippen LogP contribution in [0.2, 0.25) is 0 Å². The van der Waals surface area contributed by atoms with Crippen molar-refractivity contribution in [3.63, 3.8) is 0 Å². The van der Waals surface area contributed by atoms with E-state index in [0.29, 0.717) is 37.4 Å². The topological polar surface area (TPSA) is 105 Å². The lowest BCUT2D eigenvalue weighted by molar-refractivity contribution is 0.0383. The van der Waals surface area contributed by atoms with Crippen molar-refractivity contribution >= 4 is 11.4 Å². The van der Waals surface area contributed by atoms with Gasteiger partial charge >= 0.3 is 6.01 Å². The number of aromatic amines is 1. The summed E-state index contributed by atoms with van der Waals surface area (Å²) in [5.41, 5.74) is 6.17. The minimum atomic E-state index is -0.186. The number of piperidine rings is 1. The quantitative estimate of drug-likeness (QED) is 0.287. The van der Waals surface area contributed by atoms with E-state index in [1.807, 2.05) is 24.5 Å². The third-order valence-electron chi connectivity index (χ3n) is 8.56. The molecule has 2 aromatic heterocycles. The first-order valence-corrected chi connectivity index (χ1v) is 14.9. The van der Waals surface area contributed by atoms with Crippen LogP contribution in [0, 0.1) is 0 Å². The zero-order chi connectivity index (χ0) is 29.2. The fraction of sp³-hybridized carbons (Fsp3) is 0.364. The van der Waals surface area contributed by atoms with Crippen LogP contribution in [-0.4, -0.2) is 65.8 Å². The van der Waals surface area contributed by atoms with E-state index in [2.05, 4.69) is 66.5 Å². The van der Waals surface area contributed by atoms with Crippen LogP contribution in [0.3, 0.4) is 0 Å². The van der Waals surface area contributed by atoms with Crippen molar-refractivity contribution in [2.24, 2.45) is 0 Å². The number of nitrogens with one attached hydrogen (secondary N) is 2. The first-order valence-electron chi connectivity index (χ1n) is 14.9. The highest BCUT2D eigenvalue weighted by molar-refractivity contribution is 5.59. The van der Waals surface area contributed by atoms with Crippen LogP contribution in [0.25, 0.3) is 0 Å². The maximum Gasteiger partial charge on any atom is 0.316 e. The molecule has 0 aliphatic carbocycles. The fourth-order valence-corrected chi connectivity index (χ4v) is 6.32. The molecule has 4 aromatic rings. The summed E-state index contributed by atoms with van der Waals surface area (Å²) in [5.74, 6) is 1.76. The summed E-state index contributed by atoms with van der Waals surface area (Å²) in [6.45, 7) is 4.70. The number of para-hydroxylation sites is 1. The summed E-state index contributed by atoms with van der Waals surface area (Å²) in [6.07, 6.45) is 8.11. The van der Waals surface area contributed by atoms with Crippen molar-refractivity contribution in [2.45, 2.75) is 38.0 Å². The minimum Gasteiger partial charge on any atom is -0.467 e. The number of hydrogen-bond acceptors (Lipinski definition) is 9. The number of aromatic nitrogens is 3. The van der Waals surface area contributed by atoms with Crippen LogP contribution in [0.15, 0.2) is 71.9 Å². The molecule has 43 heavy (non-hydrogen) atoms. The number of rotatable bonds is 7. The Hall–Kier alpha value is -4.41. The van der Waals surface area contributed by atoms with Crippen LogP contribution < -0.4 is 25.2 Å². The second-order valence-electron chi connectivity index (χ2n) is 11.4. The Bertz CT molecular complexity index is 1630. The van der Waals surface area contributed by atoms with Crippen molar-refractivity contribution in [1.29, 1.82) is 0 Å². The van der Waals surface area contributed by atoms with Crippen molar-refractivity contribution in [3.8, 4) is 17.5 Å². The first kappa shape index (κ1) is 27.4. The van der Waals surface area contributed by atoms with Crippen LogP contribution in [0.5, 0.6) is 17.5 Å². The molecule has 2 fully saturated rings. The average Bonchev–Trinajstić information content (AvgIpc) is 3.05. The van der Waals surface area contributed by atoms with E-state index >= 15 is 0 Å². The maximum atomic E-state index is 12.4. The summed E-state index contributed by atoms with van der Waals surface area (Å²) in [6, 6.07) is 17.3. The van der Waals surface area contributed by atoms with E-state index in [1.165, 1.54) is 5.56 Å². The van der Waals surface area contributed by atoms with Gasteiger partial charge in [0.25, 0.3) is 5.56 Å². The van der Waals surface area contributed by atoms with Gasteiger partial charge in [-0.2, -0.15) is 0 Å². The highest BCUT2D eigenvalue weighted by Crippen LogP contribution is 2.43. The van der Waals surface area contributed by atoms with Gasteiger partial charge in [-0.3, -0.25) is 9.69 Å². The molecule has 3 aliphatic rings. The Labute approximate surface area is 250 Å². The minimum absolute atomic E-state index is 0.0814.